The largest absolute Gasteiger partial charge is 0.358 e. The van der Waals surface area contributed by atoms with Crippen LogP contribution in [0.1, 0.15) is 12.5 Å². The van der Waals surface area contributed by atoms with Crippen LogP contribution in [0, 0.1) is 0 Å². The summed E-state index contributed by atoms with van der Waals surface area (Å²) in [5.74, 6) is 6.73. The molecule has 0 radical (unpaired) electrons. The van der Waals surface area contributed by atoms with Crippen LogP contribution in [0.5, 0.6) is 0 Å². The van der Waals surface area contributed by atoms with Gasteiger partial charge in [0.2, 0.25) is 0 Å². The van der Waals surface area contributed by atoms with Crippen LogP contribution in [-0.4, -0.2) is 44.0 Å². The third-order valence-electron chi connectivity index (χ3n) is 2.57. The number of aromatic nitrogens is 2. The lowest BCUT2D eigenvalue weighted by atomic mass is 10.2. The zero-order valence-corrected chi connectivity index (χ0v) is 11.7. The van der Waals surface area contributed by atoms with Gasteiger partial charge >= 0.3 is 0 Å². The van der Waals surface area contributed by atoms with E-state index in [2.05, 4.69) is 15.4 Å². The van der Waals surface area contributed by atoms with Crippen molar-refractivity contribution in [2.75, 3.05) is 35.9 Å². The zero-order valence-electron chi connectivity index (χ0n) is 10.8. The molecule has 102 valence electrons. The van der Waals surface area contributed by atoms with Gasteiger partial charge in [-0.3, -0.25) is 0 Å². The van der Waals surface area contributed by atoms with Crippen LogP contribution < -0.4 is 16.2 Å². The predicted octanol–water partition coefficient (Wildman–Crippen LogP) is -0.195. The normalized spacial score (nSPS) is 11.3. The maximum Gasteiger partial charge on any atom is 0.149 e. The topological polar surface area (TPSA) is 101 Å². The Morgan fingerprint density at radius 3 is 2.61 bits per heavy atom. The molecule has 1 rings (SSSR count). The van der Waals surface area contributed by atoms with Gasteiger partial charge in [0.25, 0.3) is 0 Å². The number of anilines is 2. The second-order valence-corrected chi connectivity index (χ2v) is 6.33. The highest BCUT2D eigenvalue weighted by atomic mass is 32.2. The van der Waals surface area contributed by atoms with Gasteiger partial charge in [-0.05, 0) is 6.42 Å². The molecule has 1 heterocycles. The minimum Gasteiger partial charge on any atom is -0.358 e. The molecule has 0 unspecified atom stereocenters. The molecule has 0 bridgehead atoms. The summed E-state index contributed by atoms with van der Waals surface area (Å²) in [6, 6.07) is 0. The van der Waals surface area contributed by atoms with E-state index in [1.807, 2.05) is 6.92 Å². The van der Waals surface area contributed by atoms with Crippen LogP contribution in [0.4, 0.5) is 11.6 Å². The van der Waals surface area contributed by atoms with Crippen LogP contribution in [0.15, 0.2) is 6.33 Å². The third kappa shape index (κ3) is 3.81. The quantitative estimate of drug-likeness (QED) is 0.547. The summed E-state index contributed by atoms with van der Waals surface area (Å²) in [6.45, 7) is 2.35. The standard InChI is InChI=1S/C10H19N5O2S/c1-4-8-9(14-11)12-7-13-10(8)15(2)5-6-18(3,16)17/h7H,4-6,11H2,1-3H3,(H,12,13,14). The van der Waals surface area contributed by atoms with Crippen LogP contribution in [0.25, 0.3) is 0 Å². The number of rotatable bonds is 6. The van der Waals surface area contributed by atoms with Gasteiger partial charge in [0.05, 0.1) is 5.75 Å². The molecule has 1 aromatic rings. The van der Waals surface area contributed by atoms with E-state index in [-0.39, 0.29) is 5.75 Å². The lowest BCUT2D eigenvalue weighted by Crippen LogP contribution is -2.27. The van der Waals surface area contributed by atoms with Crippen LogP contribution in [-0.2, 0) is 16.3 Å². The highest BCUT2D eigenvalue weighted by molar-refractivity contribution is 7.90. The van der Waals surface area contributed by atoms with Crippen molar-refractivity contribution in [3.63, 3.8) is 0 Å². The number of nitrogen functional groups attached to an aromatic ring is 1. The first-order chi connectivity index (χ1) is 8.39. The number of hydrazine groups is 1. The van der Waals surface area contributed by atoms with Gasteiger partial charge in [-0.1, -0.05) is 6.92 Å². The Hall–Kier alpha value is -1.41. The van der Waals surface area contributed by atoms with Crippen molar-refractivity contribution < 1.29 is 8.42 Å². The van der Waals surface area contributed by atoms with Crippen molar-refractivity contribution in [3.8, 4) is 0 Å². The molecule has 0 atom stereocenters. The fourth-order valence-electron chi connectivity index (χ4n) is 1.59. The Morgan fingerprint density at radius 1 is 1.44 bits per heavy atom. The first-order valence-corrected chi connectivity index (χ1v) is 7.64. The fourth-order valence-corrected chi connectivity index (χ4v) is 2.20. The monoisotopic (exact) mass is 273 g/mol. The van der Waals surface area contributed by atoms with Gasteiger partial charge in [-0.15, -0.1) is 0 Å². The molecule has 0 aromatic carbocycles. The van der Waals surface area contributed by atoms with E-state index in [9.17, 15) is 8.42 Å². The molecule has 0 aliphatic carbocycles. The SMILES string of the molecule is CCc1c(NN)ncnc1N(C)CCS(C)(=O)=O. The highest BCUT2D eigenvalue weighted by Gasteiger charge is 2.14. The van der Waals surface area contributed by atoms with Gasteiger partial charge in [-0.2, -0.15) is 0 Å². The van der Waals surface area contributed by atoms with Crippen molar-refractivity contribution in [3.05, 3.63) is 11.9 Å². The average Bonchev–Trinajstić information content (AvgIpc) is 2.33. The minimum atomic E-state index is -2.99. The lowest BCUT2D eigenvalue weighted by molar-refractivity contribution is 0.601. The lowest BCUT2D eigenvalue weighted by Gasteiger charge is -2.21. The second-order valence-electron chi connectivity index (χ2n) is 4.07. The molecule has 8 heteroatoms. The molecule has 3 N–H and O–H groups in total. The number of nitrogens with two attached hydrogens (primary N) is 1. The predicted molar refractivity (Wildman–Crippen MR) is 72.2 cm³/mol. The van der Waals surface area contributed by atoms with E-state index in [1.54, 1.807) is 11.9 Å². The third-order valence-corrected chi connectivity index (χ3v) is 3.50. The highest BCUT2D eigenvalue weighted by Crippen LogP contribution is 2.22. The van der Waals surface area contributed by atoms with Crippen molar-refractivity contribution in [1.29, 1.82) is 0 Å². The van der Waals surface area contributed by atoms with Gasteiger partial charge in [-0.25, -0.2) is 24.2 Å². The Kier molecular flexibility index (Phi) is 4.85. The van der Waals surface area contributed by atoms with E-state index in [4.69, 9.17) is 5.84 Å². The second kappa shape index (κ2) is 5.96. The summed E-state index contributed by atoms with van der Waals surface area (Å²) in [7, 11) is -1.19. The van der Waals surface area contributed by atoms with Crippen molar-refractivity contribution in [2.45, 2.75) is 13.3 Å². The first kappa shape index (κ1) is 14.7. The molecule has 0 aliphatic rings. The fraction of sp³-hybridized carbons (Fsp3) is 0.600. The summed E-state index contributed by atoms with van der Waals surface area (Å²) in [4.78, 5) is 10.0. The Labute approximate surface area is 107 Å². The van der Waals surface area contributed by atoms with Crippen LogP contribution in [0.3, 0.4) is 0 Å². The van der Waals surface area contributed by atoms with E-state index in [1.165, 1.54) is 12.6 Å². The van der Waals surface area contributed by atoms with Crippen LogP contribution in [0.2, 0.25) is 0 Å². The van der Waals surface area contributed by atoms with Crippen molar-refractivity contribution in [2.24, 2.45) is 5.84 Å². The van der Waals surface area contributed by atoms with Crippen LogP contribution >= 0.6 is 0 Å². The van der Waals surface area contributed by atoms with E-state index >= 15 is 0 Å². The number of hydrogen-bond donors (Lipinski definition) is 2. The summed E-state index contributed by atoms with van der Waals surface area (Å²) in [5.41, 5.74) is 3.39. The molecular formula is C10H19N5O2S. The zero-order chi connectivity index (χ0) is 13.8. The molecule has 0 spiro atoms. The molecule has 1 aromatic heterocycles. The molecule has 0 amide bonds. The molecule has 0 fully saturated rings. The molecule has 0 saturated carbocycles. The van der Waals surface area contributed by atoms with E-state index in [0.717, 1.165) is 5.56 Å². The average molecular weight is 273 g/mol. The van der Waals surface area contributed by atoms with Crippen molar-refractivity contribution >= 4 is 21.5 Å². The maximum absolute atomic E-state index is 11.2. The summed E-state index contributed by atoms with van der Waals surface area (Å²) >= 11 is 0. The first-order valence-electron chi connectivity index (χ1n) is 5.58. The maximum atomic E-state index is 11.2. The molecule has 7 nitrogen and oxygen atoms in total. The number of nitrogens with one attached hydrogen (secondary N) is 1. The number of sulfone groups is 1. The molecule has 0 saturated heterocycles. The molecular weight excluding hydrogens is 254 g/mol. The number of hydrogen-bond acceptors (Lipinski definition) is 7. The Balaban J connectivity index is 2.94. The van der Waals surface area contributed by atoms with Gasteiger partial charge in [0, 0.05) is 25.4 Å². The minimum absolute atomic E-state index is 0.0854. The summed E-state index contributed by atoms with van der Waals surface area (Å²) in [5, 5.41) is 0. The van der Waals surface area contributed by atoms with E-state index < -0.39 is 9.84 Å². The van der Waals surface area contributed by atoms with Gasteiger partial charge in [0.15, 0.2) is 0 Å². The summed E-state index contributed by atoms with van der Waals surface area (Å²) < 4.78 is 22.3. The van der Waals surface area contributed by atoms with Gasteiger partial charge in [0.1, 0.15) is 27.8 Å². The Bertz CT molecular complexity index is 503. The van der Waals surface area contributed by atoms with Gasteiger partial charge < -0.3 is 10.3 Å². The van der Waals surface area contributed by atoms with E-state index in [0.29, 0.717) is 24.6 Å². The number of nitrogens with zero attached hydrogens (tertiary/aromatic N) is 3. The Morgan fingerprint density at radius 2 is 2.11 bits per heavy atom. The molecule has 0 aliphatic heterocycles. The summed E-state index contributed by atoms with van der Waals surface area (Å²) in [6.07, 6.45) is 3.33. The smallest absolute Gasteiger partial charge is 0.149 e. The van der Waals surface area contributed by atoms with Crippen molar-refractivity contribution in [1.82, 2.24) is 9.97 Å². The molecule has 18 heavy (non-hydrogen) atoms.